The van der Waals surface area contributed by atoms with Crippen molar-refractivity contribution in [1.29, 1.82) is 0 Å². The van der Waals surface area contributed by atoms with Crippen molar-refractivity contribution in [2.24, 2.45) is 0 Å². The minimum atomic E-state index is -4.58. The van der Waals surface area contributed by atoms with Crippen LogP contribution in [0.1, 0.15) is 12.0 Å². The molecule has 0 aliphatic heterocycles. The average molecular weight is 491 g/mol. The summed E-state index contributed by atoms with van der Waals surface area (Å²) in [6, 6.07) is 20.7. The molecule has 31 heavy (non-hydrogen) atoms. The molecule has 8 heteroatoms. The minimum absolute atomic E-state index is 0.113. The highest BCUT2D eigenvalue weighted by molar-refractivity contribution is 9.10. The van der Waals surface area contributed by atoms with Crippen LogP contribution in [0.4, 0.5) is 13.2 Å². The van der Waals surface area contributed by atoms with Gasteiger partial charge in [0.1, 0.15) is 18.0 Å². The quantitative estimate of drug-likeness (QED) is 0.360. The van der Waals surface area contributed by atoms with Gasteiger partial charge in [-0.25, -0.2) is 4.68 Å². The van der Waals surface area contributed by atoms with Gasteiger partial charge >= 0.3 is 6.18 Å². The smallest absolute Gasteiger partial charge is 0.392 e. The molecular formula is C23H18BrF3N2O2. The molecule has 0 saturated heterocycles. The van der Waals surface area contributed by atoms with Crippen LogP contribution in [0.3, 0.4) is 0 Å². The van der Waals surface area contributed by atoms with E-state index in [4.69, 9.17) is 4.74 Å². The molecule has 0 aliphatic rings. The van der Waals surface area contributed by atoms with Gasteiger partial charge in [0, 0.05) is 9.86 Å². The van der Waals surface area contributed by atoms with Gasteiger partial charge in [0.05, 0.1) is 23.8 Å². The number of fused-ring (bicyclic) bond motifs is 1. The maximum Gasteiger partial charge on any atom is 0.392 e. The first-order chi connectivity index (χ1) is 14.7. The monoisotopic (exact) mass is 490 g/mol. The predicted octanol–water partition coefficient (Wildman–Crippen LogP) is 6.01. The van der Waals surface area contributed by atoms with Crippen LogP contribution in [0.25, 0.3) is 16.6 Å². The Morgan fingerprint density at radius 1 is 0.968 bits per heavy atom. The van der Waals surface area contributed by atoms with Gasteiger partial charge in [-0.15, -0.1) is 0 Å². The van der Waals surface area contributed by atoms with Crippen molar-refractivity contribution < 1.29 is 23.0 Å². The van der Waals surface area contributed by atoms with Gasteiger partial charge in [-0.1, -0.05) is 40.2 Å². The molecular weight excluding hydrogens is 473 g/mol. The zero-order chi connectivity index (χ0) is 22.1. The molecule has 1 atom stereocenters. The molecule has 0 bridgehead atoms. The highest BCUT2D eigenvalue weighted by Gasteiger charge is 2.43. The number of halogens is 4. The second kappa shape index (κ2) is 8.36. The van der Waals surface area contributed by atoms with Gasteiger partial charge in [-0.05, 0) is 54.1 Å². The Bertz CT molecular complexity index is 1180. The second-order valence-electron chi connectivity index (χ2n) is 7.23. The number of rotatable bonds is 6. The molecule has 1 unspecified atom stereocenters. The van der Waals surface area contributed by atoms with Crippen LogP contribution in [0.15, 0.2) is 83.5 Å². The molecule has 0 aliphatic carbocycles. The molecule has 4 rings (SSSR count). The van der Waals surface area contributed by atoms with Crippen LogP contribution in [-0.2, 0) is 5.60 Å². The van der Waals surface area contributed by atoms with E-state index in [1.807, 2.05) is 30.3 Å². The van der Waals surface area contributed by atoms with Crippen molar-refractivity contribution >= 4 is 26.8 Å². The number of hydrogen-bond donors (Lipinski definition) is 1. The number of alkyl halides is 3. The lowest BCUT2D eigenvalue weighted by molar-refractivity contribution is -0.185. The Kier molecular flexibility index (Phi) is 5.77. The van der Waals surface area contributed by atoms with Crippen LogP contribution in [0, 0.1) is 0 Å². The lowest BCUT2D eigenvalue weighted by Gasteiger charge is -2.29. The highest BCUT2D eigenvalue weighted by atomic mass is 79.9. The van der Waals surface area contributed by atoms with E-state index in [1.54, 1.807) is 41.2 Å². The number of benzene rings is 3. The fraction of sp³-hybridized carbons (Fsp3) is 0.174. The molecule has 4 nitrogen and oxygen atoms in total. The zero-order valence-electron chi connectivity index (χ0n) is 16.2. The summed E-state index contributed by atoms with van der Waals surface area (Å²) in [5, 5.41) is 16.0. The number of hydrogen-bond acceptors (Lipinski definition) is 3. The summed E-state index contributed by atoms with van der Waals surface area (Å²) < 4.78 is 48.0. The lowest BCUT2D eigenvalue weighted by Crippen LogP contribution is -2.38. The first-order valence-corrected chi connectivity index (χ1v) is 10.2. The van der Waals surface area contributed by atoms with Gasteiger partial charge in [0.25, 0.3) is 0 Å². The first kappa shape index (κ1) is 21.4. The largest absolute Gasteiger partial charge is 0.490 e. The Hall–Kier alpha value is -2.84. The standard InChI is InChI=1S/C23H18BrF3N2O2/c24-18-7-9-20(10-8-18)31-15-22(30,14-23(25,26)27)17-6-11-21-16(12-17)13-28-29(21)19-4-2-1-3-5-19/h1-13,30H,14-15H2. The van der Waals surface area contributed by atoms with Crippen LogP contribution < -0.4 is 4.74 Å². The minimum Gasteiger partial charge on any atom is -0.490 e. The fourth-order valence-electron chi connectivity index (χ4n) is 3.40. The fourth-order valence-corrected chi connectivity index (χ4v) is 3.66. The van der Waals surface area contributed by atoms with E-state index in [0.717, 1.165) is 15.7 Å². The zero-order valence-corrected chi connectivity index (χ0v) is 17.8. The average Bonchev–Trinajstić information content (AvgIpc) is 3.16. The molecule has 1 heterocycles. The van der Waals surface area contributed by atoms with Crippen LogP contribution >= 0.6 is 15.9 Å². The molecule has 0 amide bonds. The van der Waals surface area contributed by atoms with Crippen LogP contribution in [-0.4, -0.2) is 27.7 Å². The molecule has 0 fully saturated rings. The van der Waals surface area contributed by atoms with E-state index in [0.29, 0.717) is 11.1 Å². The van der Waals surface area contributed by atoms with Crippen LogP contribution in [0.5, 0.6) is 5.75 Å². The number of aromatic nitrogens is 2. The van der Waals surface area contributed by atoms with E-state index < -0.39 is 24.8 Å². The summed E-state index contributed by atoms with van der Waals surface area (Å²) >= 11 is 3.29. The Labute approximate surface area is 185 Å². The SMILES string of the molecule is OC(COc1ccc(Br)cc1)(CC(F)(F)F)c1ccc2c(cnn2-c2ccccc2)c1. The van der Waals surface area contributed by atoms with E-state index in [2.05, 4.69) is 21.0 Å². The van der Waals surface area contributed by atoms with Gasteiger partial charge in [0.15, 0.2) is 0 Å². The van der Waals surface area contributed by atoms with Crippen molar-refractivity contribution in [3.8, 4) is 11.4 Å². The van der Waals surface area contributed by atoms with Crippen molar-refractivity contribution in [2.75, 3.05) is 6.61 Å². The Balaban J connectivity index is 1.67. The van der Waals surface area contributed by atoms with E-state index in [1.165, 1.54) is 12.1 Å². The number of aliphatic hydroxyl groups is 1. The second-order valence-corrected chi connectivity index (χ2v) is 8.15. The summed E-state index contributed by atoms with van der Waals surface area (Å²) in [7, 11) is 0. The van der Waals surface area contributed by atoms with E-state index in [9.17, 15) is 18.3 Å². The Morgan fingerprint density at radius 3 is 2.35 bits per heavy atom. The Morgan fingerprint density at radius 2 is 1.68 bits per heavy atom. The predicted molar refractivity (Wildman–Crippen MR) is 115 cm³/mol. The summed E-state index contributed by atoms with van der Waals surface area (Å²) in [6.07, 6.45) is -4.45. The van der Waals surface area contributed by atoms with Crippen molar-refractivity contribution in [3.05, 3.63) is 89.0 Å². The number of para-hydroxylation sites is 1. The summed E-state index contributed by atoms with van der Waals surface area (Å²) in [6.45, 7) is -0.549. The van der Waals surface area contributed by atoms with E-state index >= 15 is 0 Å². The molecule has 4 aromatic rings. The maximum absolute atomic E-state index is 13.3. The molecule has 0 spiro atoms. The summed E-state index contributed by atoms with van der Waals surface area (Å²) in [4.78, 5) is 0. The number of nitrogens with zero attached hydrogens (tertiary/aromatic N) is 2. The molecule has 0 radical (unpaired) electrons. The molecule has 0 saturated carbocycles. The van der Waals surface area contributed by atoms with Gasteiger partial charge in [-0.3, -0.25) is 0 Å². The highest BCUT2D eigenvalue weighted by Crippen LogP contribution is 2.37. The molecule has 1 aromatic heterocycles. The van der Waals surface area contributed by atoms with Crippen molar-refractivity contribution in [1.82, 2.24) is 9.78 Å². The summed E-state index contributed by atoms with van der Waals surface area (Å²) in [5.74, 6) is 0.363. The third-order valence-corrected chi connectivity index (χ3v) is 5.42. The molecule has 3 aromatic carbocycles. The maximum atomic E-state index is 13.3. The van der Waals surface area contributed by atoms with Gasteiger partial charge in [0.2, 0.25) is 0 Å². The molecule has 1 N–H and O–H groups in total. The third kappa shape index (κ3) is 4.91. The topological polar surface area (TPSA) is 47.3 Å². The van der Waals surface area contributed by atoms with Crippen molar-refractivity contribution in [2.45, 2.75) is 18.2 Å². The van der Waals surface area contributed by atoms with Crippen molar-refractivity contribution in [3.63, 3.8) is 0 Å². The van der Waals surface area contributed by atoms with Gasteiger partial charge in [-0.2, -0.15) is 18.3 Å². The normalized spacial score (nSPS) is 13.8. The number of ether oxygens (including phenoxy) is 1. The first-order valence-electron chi connectivity index (χ1n) is 9.45. The van der Waals surface area contributed by atoms with Crippen LogP contribution in [0.2, 0.25) is 0 Å². The lowest BCUT2D eigenvalue weighted by atomic mass is 9.90. The third-order valence-electron chi connectivity index (χ3n) is 4.89. The molecule has 160 valence electrons. The summed E-state index contributed by atoms with van der Waals surface area (Å²) in [5.41, 5.74) is -0.594. The van der Waals surface area contributed by atoms with Gasteiger partial charge < -0.3 is 9.84 Å². The van der Waals surface area contributed by atoms with E-state index in [-0.39, 0.29) is 5.56 Å².